The van der Waals surface area contributed by atoms with Gasteiger partial charge >= 0.3 is 0 Å². The highest BCUT2D eigenvalue weighted by molar-refractivity contribution is 5.76. The Balaban J connectivity index is 1.54. The number of carbonyl (C=O) groups is 1. The van der Waals surface area contributed by atoms with Crippen LogP contribution in [0.1, 0.15) is 457 Å². The van der Waals surface area contributed by atoms with Crippen LogP contribution in [0.3, 0.4) is 0 Å². The Bertz CT molecular complexity index is 1940. The van der Waals surface area contributed by atoms with E-state index in [4.69, 9.17) is 18.9 Å². The van der Waals surface area contributed by atoms with Crippen molar-refractivity contribution in [2.75, 3.05) is 19.8 Å². The van der Waals surface area contributed by atoms with Crippen LogP contribution in [0.5, 0.6) is 0 Å². The highest BCUT2D eigenvalue weighted by atomic mass is 16.7. The minimum Gasteiger partial charge on any atom is -0.394 e. The first-order chi connectivity index (χ1) is 52.6. The summed E-state index contributed by atoms with van der Waals surface area (Å²) >= 11 is 0. The first kappa shape index (κ1) is 101. The second-order valence-electron chi connectivity index (χ2n) is 33.1. The second kappa shape index (κ2) is 76.8. The lowest BCUT2D eigenvalue weighted by Gasteiger charge is -2.46. The highest BCUT2D eigenvalue weighted by Crippen LogP contribution is 2.31. The number of amides is 1. The number of rotatable bonds is 81. The van der Waals surface area contributed by atoms with E-state index in [2.05, 4.69) is 43.5 Å². The van der Waals surface area contributed by atoms with Crippen molar-refractivity contribution < 1.29 is 64.6 Å². The fourth-order valence-corrected chi connectivity index (χ4v) is 15.7. The zero-order valence-electron chi connectivity index (χ0n) is 69.9. The second-order valence-corrected chi connectivity index (χ2v) is 33.1. The molecular weight excluding hydrogens is 1340 g/mol. The van der Waals surface area contributed by atoms with Crippen molar-refractivity contribution in [2.45, 2.75) is 530 Å². The minimum absolute atomic E-state index is 0.228. The maximum Gasteiger partial charge on any atom is 0.220 e. The molecule has 14 nitrogen and oxygen atoms in total. The largest absolute Gasteiger partial charge is 0.394 e. The predicted molar refractivity (Wildman–Crippen MR) is 448 cm³/mol. The van der Waals surface area contributed by atoms with Gasteiger partial charge in [0.2, 0.25) is 5.91 Å². The van der Waals surface area contributed by atoms with E-state index in [1.807, 2.05) is 6.08 Å². The van der Waals surface area contributed by atoms with Gasteiger partial charge in [-0.3, -0.25) is 4.79 Å². The molecule has 2 fully saturated rings. The number of allylic oxidation sites excluding steroid dienone is 5. The molecular formula is C93H177NO13. The third kappa shape index (κ3) is 58.7. The number of hydrogen-bond acceptors (Lipinski definition) is 13. The molecule has 0 saturated carbocycles. The van der Waals surface area contributed by atoms with Crippen LogP contribution in [0.15, 0.2) is 36.5 Å². The summed E-state index contributed by atoms with van der Waals surface area (Å²) in [5, 5.41) is 87.9. The predicted octanol–water partition coefficient (Wildman–Crippen LogP) is 23.1. The number of aliphatic hydroxyl groups excluding tert-OH is 8. The summed E-state index contributed by atoms with van der Waals surface area (Å²) in [6, 6.07) is -0.915. The first-order valence-electron chi connectivity index (χ1n) is 46.7. The van der Waals surface area contributed by atoms with E-state index in [0.29, 0.717) is 6.42 Å². The lowest BCUT2D eigenvalue weighted by atomic mass is 9.97. The summed E-state index contributed by atoms with van der Waals surface area (Å²) in [5.74, 6) is -0.228. The van der Waals surface area contributed by atoms with Gasteiger partial charge in [0.25, 0.3) is 0 Å². The van der Waals surface area contributed by atoms with Gasteiger partial charge in [-0.15, -0.1) is 0 Å². The van der Waals surface area contributed by atoms with Crippen LogP contribution < -0.4 is 5.32 Å². The van der Waals surface area contributed by atoms with Gasteiger partial charge < -0.3 is 65.1 Å². The lowest BCUT2D eigenvalue weighted by molar-refractivity contribution is -0.359. The molecule has 0 spiro atoms. The van der Waals surface area contributed by atoms with Crippen molar-refractivity contribution in [1.82, 2.24) is 5.32 Å². The zero-order valence-corrected chi connectivity index (χ0v) is 69.9. The molecule has 0 aromatic carbocycles. The van der Waals surface area contributed by atoms with Gasteiger partial charge in [0.1, 0.15) is 48.8 Å². The molecule has 107 heavy (non-hydrogen) atoms. The quantitative estimate of drug-likeness (QED) is 0.0204. The standard InChI is InChI=1S/C93H177NO13/c1-3-5-7-9-11-13-15-17-19-21-23-25-27-29-31-33-35-37-38-39-40-41-42-43-44-45-47-49-51-53-55-57-59-61-63-65-67-69-71-73-75-77-85(98)94-81(80-104-92-90(103)88(101)91(84(79-96)106-92)107-93-89(102)87(100)86(99)83(78-95)105-93)82(97)76-74-72-70-68-66-64-62-60-58-56-54-52-50-48-46-36-34-32-30-28-26-24-22-20-18-16-14-12-10-8-6-4-2/h15,17,21,23,74,76,81-84,86-93,95-97,99-103H,3-14,16,18-20,22,24-73,75,77-80H2,1-2H3,(H,94,98)/b17-15-,23-21-,76-74+. The molecule has 0 bridgehead atoms. The average molecular weight is 1520 g/mol. The Kier molecular flexibility index (Phi) is 72.7. The van der Waals surface area contributed by atoms with Crippen molar-refractivity contribution in [3.05, 3.63) is 36.5 Å². The lowest BCUT2D eigenvalue weighted by Crippen LogP contribution is -2.65. The first-order valence-corrected chi connectivity index (χ1v) is 46.7. The van der Waals surface area contributed by atoms with Crippen LogP contribution in [0, 0.1) is 0 Å². The number of aliphatic hydroxyl groups is 8. The van der Waals surface area contributed by atoms with E-state index < -0.39 is 86.8 Å². The van der Waals surface area contributed by atoms with E-state index in [9.17, 15) is 45.6 Å². The molecule has 2 aliphatic rings. The number of unbranched alkanes of at least 4 members (excludes halogenated alkanes) is 64. The van der Waals surface area contributed by atoms with Crippen molar-refractivity contribution in [1.29, 1.82) is 0 Å². The summed E-state index contributed by atoms with van der Waals surface area (Å²) in [5.41, 5.74) is 0. The number of nitrogens with one attached hydrogen (secondary N) is 1. The van der Waals surface area contributed by atoms with Gasteiger partial charge in [0.15, 0.2) is 12.6 Å². The van der Waals surface area contributed by atoms with E-state index in [1.54, 1.807) is 6.08 Å². The number of ether oxygens (including phenoxy) is 4. The summed E-state index contributed by atoms with van der Waals surface area (Å²) < 4.78 is 23.0. The monoisotopic (exact) mass is 1520 g/mol. The molecule has 0 aliphatic carbocycles. The molecule has 2 rings (SSSR count). The van der Waals surface area contributed by atoms with Crippen molar-refractivity contribution in [3.8, 4) is 0 Å². The Morgan fingerprint density at radius 2 is 0.617 bits per heavy atom. The van der Waals surface area contributed by atoms with Crippen LogP contribution in [0.4, 0.5) is 0 Å². The van der Waals surface area contributed by atoms with Crippen molar-refractivity contribution >= 4 is 5.91 Å². The molecule has 2 heterocycles. The normalized spacial score (nSPS) is 21.3. The van der Waals surface area contributed by atoms with Gasteiger partial charge in [-0.25, -0.2) is 0 Å². The Morgan fingerprint density at radius 3 is 0.935 bits per heavy atom. The van der Waals surface area contributed by atoms with Crippen LogP contribution in [-0.4, -0.2) is 140 Å². The molecule has 12 unspecified atom stereocenters. The van der Waals surface area contributed by atoms with Crippen molar-refractivity contribution in [2.24, 2.45) is 0 Å². The summed E-state index contributed by atoms with van der Waals surface area (Å²) in [4.78, 5) is 13.4. The zero-order chi connectivity index (χ0) is 77.2. The highest BCUT2D eigenvalue weighted by Gasteiger charge is 2.51. The Morgan fingerprint density at radius 1 is 0.336 bits per heavy atom. The van der Waals surface area contributed by atoms with Crippen LogP contribution in [0.2, 0.25) is 0 Å². The molecule has 9 N–H and O–H groups in total. The smallest absolute Gasteiger partial charge is 0.220 e. The van der Waals surface area contributed by atoms with Gasteiger partial charge in [-0.05, 0) is 51.4 Å². The molecule has 2 aliphatic heterocycles. The maximum atomic E-state index is 13.4. The van der Waals surface area contributed by atoms with Gasteiger partial charge in [-0.2, -0.15) is 0 Å². The Hall–Kier alpha value is -1.79. The summed E-state index contributed by atoms with van der Waals surface area (Å²) in [6.07, 6.45) is 87.1. The molecule has 12 atom stereocenters. The van der Waals surface area contributed by atoms with E-state index in [0.717, 1.165) is 44.9 Å². The van der Waals surface area contributed by atoms with E-state index >= 15 is 0 Å². The third-order valence-corrected chi connectivity index (χ3v) is 23.1. The van der Waals surface area contributed by atoms with Gasteiger partial charge in [-0.1, -0.05) is 436 Å². The topological polar surface area (TPSA) is 228 Å². The fraction of sp³-hybridized carbons (Fsp3) is 0.925. The molecule has 2 saturated heterocycles. The average Bonchev–Trinajstić information content (AvgIpc) is 0.789. The fourth-order valence-electron chi connectivity index (χ4n) is 15.7. The SMILES string of the molecule is CCCCCCC/C=C\C/C=C\CCCCCCCCCCCCCCCCCCCCCCCCCCCCCCCC(=O)NC(COC1OC(CO)C(OC2OC(CO)C(O)C(O)C2O)C(O)C1O)C(O)/C=C/CCCCCCCCCCCCCCCCCCCCCCCCCCCCCCCC. The van der Waals surface area contributed by atoms with E-state index in [-0.39, 0.29) is 18.9 Å². The molecule has 0 radical (unpaired) electrons. The van der Waals surface area contributed by atoms with Gasteiger partial charge in [0, 0.05) is 6.42 Å². The van der Waals surface area contributed by atoms with Crippen LogP contribution in [0.25, 0.3) is 0 Å². The Labute approximate surface area is 659 Å². The molecule has 0 aromatic heterocycles. The molecule has 0 aromatic rings. The van der Waals surface area contributed by atoms with E-state index in [1.165, 1.54) is 385 Å². The summed E-state index contributed by atoms with van der Waals surface area (Å²) in [6.45, 7) is 2.87. The summed E-state index contributed by atoms with van der Waals surface area (Å²) in [7, 11) is 0. The molecule has 1 amide bonds. The van der Waals surface area contributed by atoms with Crippen molar-refractivity contribution in [3.63, 3.8) is 0 Å². The maximum absolute atomic E-state index is 13.4. The number of hydrogen-bond donors (Lipinski definition) is 9. The van der Waals surface area contributed by atoms with Crippen LogP contribution in [-0.2, 0) is 23.7 Å². The van der Waals surface area contributed by atoms with Gasteiger partial charge in [0.05, 0.1) is 32.0 Å². The van der Waals surface area contributed by atoms with Crippen LogP contribution >= 0.6 is 0 Å². The minimum atomic E-state index is -1.79. The third-order valence-electron chi connectivity index (χ3n) is 23.1. The molecule has 14 heteroatoms. The molecule has 632 valence electrons. The number of carbonyl (C=O) groups excluding carboxylic acids is 1.